The number of aliphatic hydroxyl groups is 1. The maximum absolute atomic E-state index is 11.9. The second kappa shape index (κ2) is 7.26. The Bertz CT molecular complexity index is 423. The molecule has 2 heterocycles. The maximum atomic E-state index is 11.9. The van der Waals surface area contributed by atoms with Gasteiger partial charge in [0.05, 0.1) is 16.8 Å². The molecule has 1 fully saturated rings. The number of aryl methyl sites for hydroxylation is 1. The molecule has 1 aliphatic heterocycles. The number of amides is 1. The summed E-state index contributed by atoms with van der Waals surface area (Å²) in [6.07, 6.45) is 1.96. The zero-order valence-corrected chi connectivity index (χ0v) is 12.8. The number of piperidine rings is 1. The molecule has 0 saturated carbocycles. The number of nitrogens with zero attached hydrogens (tertiary/aromatic N) is 2. The Balaban J connectivity index is 1.63. The van der Waals surface area contributed by atoms with Crippen LogP contribution in [0.25, 0.3) is 0 Å². The highest BCUT2D eigenvalue weighted by Crippen LogP contribution is 2.17. The smallest absolute Gasteiger partial charge is 0.223 e. The first-order chi connectivity index (χ1) is 9.15. The van der Waals surface area contributed by atoms with Gasteiger partial charge in [-0.3, -0.25) is 4.79 Å². The summed E-state index contributed by atoms with van der Waals surface area (Å²) < 4.78 is 0. The molecule has 0 aromatic carbocycles. The summed E-state index contributed by atoms with van der Waals surface area (Å²) in [5.74, 6) is 1.86. The lowest BCUT2D eigenvalue weighted by Gasteiger charge is -2.30. The van der Waals surface area contributed by atoms with Crippen molar-refractivity contribution in [2.45, 2.75) is 38.0 Å². The molecule has 19 heavy (non-hydrogen) atoms. The summed E-state index contributed by atoms with van der Waals surface area (Å²) >= 11 is 3.41. The first-order valence-electron chi connectivity index (χ1n) is 6.60. The molecule has 2 rings (SSSR count). The lowest BCUT2D eigenvalue weighted by Crippen LogP contribution is -2.42. The lowest BCUT2D eigenvalue weighted by molar-refractivity contribution is -0.133. The van der Waals surface area contributed by atoms with Crippen molar-refractivity contribution in [3.05, 3.63) is 16.1 Å². The lowest BCUT2D eigenvalue weighted by atomic mass is 10.1. The Labute approximate surface area is 122 Å². The van der Waals surface area contributed by atoms with Crippen LogP contribution in [0.3, 0.4) is 0 Å². The van der Waals surface area contributed by atoms with Crippen LogP contribution in [0.4, 0.5) is 0 Å². The van der Waals surface area contributed by atoms with Gasteiger partial charge in [0.2, 0.25) is 5.91 Å². The molecule has 1 aromatic heterocycles. The van der Waals surface area contributed by atoms with Gasteiger partial charge in [-0.1, -0.05) is 0 Å². The molecule has 106 valence electrons. The number of carbonyl (C=O) groups excluding carboxylic acids is 1. The van der Waals surface area contributed by atoms with Crippen molar-refractivity contribution in [2.24, 2.45) is 0 Å². The second-order valence-electron chi connectivity index (χ2n) is 4.80. The van der Waals surface area contributed by atoms with E-state index in [0.29, 0.717) is 13.0 Å². The number of aliphatic hydroxyl groups excluding tert-OH is 1. The number of thioether (sulfide) groups is 1. The number of rotatable bonds is 5. The largest absolute Gasteiger partial charge is 0.391 e. The van der Waals surface area contributed by atoms with Crippen LogP contribution in [0, 0.1) is 6.92 Å². The predicted molar refractivity (Wildman–Crippen MR) is 79.5 cm³/mol. The summed E-state index contributed by atoms with van der Waals surface area (Å²) in [6, 6.07) is 0. The van der Waals surface area contributed by atoms with Gasteiger partial charge in [0, 0.05) is 36.4 Å². The summed E-state index contributed by atoms with van der Waals surface area (Å²) in [5.41, 5.74) is 1.10. The molecule has 1 saturated heterocycles. The molecule has 1 aromatic rings. The molecule has 0 aliphatic carbocycles. The third kappa shape index (κ3) is 4.78. The second-order valence-corrected chi connectivity index (χ2v) is 6.96. The SMILES string of the molecule is Cc1nc(CSCCC(=O)N2CCC[C@H](O)C2)cs1. The van der Waals surface area contributed by atoms with E-state index in [2.05, 4.69) is 10.4 Å². The van der Waals surface area contributed by atoms with Gasteiger partial charge in [0.1, 0.15) is 0 Å². The standard InChI is InChI=1S/C13H20N2O2S2/c1-10-14-11(9-19-10)8-18-6-4-13(17)15-5-2-3-12(16)7-15/h9,12,16H,2-8H2,1H3/t12-/m0/s1. The third-order valence-corrected chi connectivity index (χ3v) is 4.94. The number of aromatic nitrogens is 1. The normalized spacial score (nSPS) is 19.7. The summed E-state index contributed by atoms with van der Waals surface area (Å²) in [7, 11) is 0. The van der Waals surface area contributed by atoms with Gasteiger partial charge < -0.3 is 10.0 Å². The molecule has 1 atom stereocenters. The van der Waals surface area contributed by atoms with Crippen molar-refractivity contribution >= 4 is 29.0 Å². The summed E-state index contributed by atoms with van der Waals surface area (Å²) in [6.45, 7) is 3.31. The number of likely N-dealkylation sites (tertiary alicyclic amines) is 1. The van der Waals surface area contributed by atoms with E-state index in [0.717, 1.165) is 41.6 Å². The van der Waals surface area contributed by atoms with Crippen molar-refractivity contribution in [3.8, 4) is 0 Å². The minimum Gasteiger partial charge on any atom is -0.391 e. The van der Waals surface area contributed by atoms with E-state index in [4.69, 9.17) is 0 Å². The van der Waals surface area contributed by atoms with E-state index in [-0.39, 0.29) is 12.0 Å². The molecule has 4 nitrogen and oxygen atoms in total. The Hall–Kier alpha value is -0.590. The van der Waals surface area contributed by atoms with Crippen LogP contribution in [0.5, 0.6) is 0 Å². The van der Waals surface area contributed by atoms with Crippen LogP contribution in [0.15, 0.2) is 5.38 Å². The molecular formula is C13H20N2O2S2. The zero-order valence-electron chi connectivity index (χ0n) is 11.2. The number of carbonyl (C=O) groups is 1. The van der Waals surface area contributed by atoms with Crippen molar-refractivity contribution in [3.63, 3.8) is 0 Å². The van der Waals surface area contributed by atoms with Crippen molar-refractivity contribution < 1.29 is 9.90 Å². The Morgan fingerprint density at radius 3 is 3.21 bits per heavy atom. The summed E-state index contributed by atoms with van der Waals surface area (Å²) in [4.78, 5) is 18.1. The molecule has 0 spiro atoms. The van der Waals surface area contributed by atoms with Crippen LogP contribution in [-0.2, 0) is 10.5 Å². The average Bonchev–Trinajstić information content (AvgIpc) is 2.80. The number of thiazole rings is 1. The molecule has 1 aliphatic rings. The topological polar surface area (TPSA) is 53.4 Å². The van der Waals surface area contributed by atoms with Crippen LogP contribution in [-0.4, -0.2) is 45.8 Å². The van der Waals surface area contributed by atoms with Gasteiger partial charge in [0.15, 0.2) is 0 Å². The highest BCUT2D eigenvalue weighted by molar-refractivity contribution is 7.98. The van der Waals surface area contributed by atoms with Crippen molar-refractivity contribution in [1.29, 1.82) is 0 Å². The molecule has 0 bridgehead atoms. The molecule has 0 unspecified atom stereocenters. The highest BCUT2D eigenvalue weighted by Gasteiger charge is 2.21. The molecule has 1 amide bonds. The van der Waals surface area contributed by atoms with E-state index >= 15 is 0 Å². The minimum absolute atomic E-state index is 0.167. The summed E-state index contributed by atoms with van der Waals surface area (Å²) in [5, 5.41) is 12.7. The monoisotopic (exact) mass is 300 g/mol. The number of hydrogen-bond donors (Lipinski definition) is 1. The minimum atomic E-state index is -0.330. The fraction of sp³-hybridized carbons (Fsp3) is 0.692. The van der Waals surface area contributed by atoms with Gasteiger partial charge >= 0.3 is 0 Å². The average molecular weight is 300 g/mol. The van der Waals surface area contributed by atoms with Gasteiger partial charge in [-0.05, 0) is 19.8 Å². The van der Waals surface area contributed by atoms with E-state index < -0.39 is 0 Å². The molecule has 6 heteroatoms. The van der Waals surface area contributed by atoms with Gasteiger partial charge in [-0.25, -0.2) is 4.98 Å². The van der Waals surface area contributed by atoms with Gasteiger partial charge in [-0.15, -0.1) is 11.3 Å². The maximum Gasteiger partial charge on any atom is 0.223 e. The van der Waals surface area contributed by atoms with E-state index in [1.165, 1.54) is 0 Å². The van der Waals surface area contributed by atoms with Crippen molar-refractivity contribution in [1.82, 2.24) is 9.88 Å². The fourth-order valence-electron chi connectivity index (χ4n) is 2.15. The fourth-order valence-corrected chi connectivity index (χ4v) is 3.69. The Kier molecular flexibility index (Phi) is 5.66. The first-order valence-corrected chi connectivity index (χ1v) is 8.63. The zero-order chi connectivity index (χ0) is 13.7. The Morgan fingerprint density at radius 1 is 1.68 bits per heavy atom. The third-order valence-electron chi connectivity index (χ3n) is 3.13. The van der Waals surface area contributed by atoms with E-state index in [9.17, 15) is 9.90 Å². The number of β-amino-alcohol motifs (C(OH)–C–C–N with tert-alkyl or cyclic N) is 1. The first kappa shape index (κ1) is 14.8. The predicted octanol–water partition coefficient (Wildman–Crippen LogP) is 2.06. The highest BCUT2D eigenvalue weighted by atomic mass is 32.2. The quantitative estimate of drug-likeness (QED) is 0.846. The number of hydrogen-bond acceptors (Lipinski definition) is 5. The van der Waals surface area contributed by atoms with E-state index in [1.54, 1.807) is 28.0 Å². The van der Waals surface area contributed by atoms with Crippen molar-refractivity contribution in [2.75, 3.05) is 18.8 Å². The van der Waals surface area contributed by atoms with Gasteiger partial charge in [0.25, 0.3) is 0 Å². The molecule has 1 N–H and O–H groups in total. The van der Waals surface area contributed by atoms with Crippen LogP contribution < -0.4 is 0 Å². The van der Waals surface area contributed by atoms with Crippen LogP contribution in [0.1, 0.15) is 30.0 Å². The van der Waals surface area contributed by atoms with Gasteiger partial charge in [-0.2, -0.15) is 11.8 Å². The van der Waals surface area contributed by atoms with E-state index in [1.807, 2.05) is 6.92 Å². The molecular weight excluding hydrogens is 280 g/mol. The van der Waals surface area contributed by atoms with Crippen LogP contribution in [0.2, 0.25) is 0 Å². The molecule has 0 radical (unpaired) electrons. The van der Waals surface area contributed by atoms with Crippen LogP contribution >= 0.6 is 23.1 Å². The Morgan fingerprint density at radius 2 is 2.53 bits per heavy atom.